The van der Waals surface area contributed by atoms with Crippen LogP contribution < -0.4 is 5.59 Å². The van der Waals surface area contributed by atoms with Crippen molar-refractivity contribution in [3.63, 3.8) is 0 Å². The first-order chi connectivity index (χ1) is 6.20. The predicted molar refractivity (Wildman–Crippen MR) is 48.3 cm³/mol. The number of pyridine rings is 1. The Balaban J connectivity index is 2.78. The van der Waals surface area contributed by atoms with Gasteiger partial charge in [0.1, 0.15) is 0 Å². The molecule has 2 heterocycles. The fourth-order valence-corrected chi connectivity index (χ4v) is 1.37. The van der Waals surface area contributed by atoms with E-state index in [1.54, 1.807) is 25.5 Å². The van der Waals surface area contributed by atoms with Gasteiger partial charge < -0.3 is 10.0 Å². The summed E-state index contributed by atoms with van der Waals surface area (Å²) in [5.74, 6) is 0. The molecule has 0 bridgehead atoms. The summed E-state index contributed by atoms with van der Waals surface area (Å²) in [4.78, 5) is 3.89. The van der Waals surface area contributed by atoms with Crippen LogP contribution in [0.15, 0.2) is 18.5 Å². The number of nitrogens with zero attached hydrogens (tertiary/aromatic N) is 3. The average molecular weight is 177 g/mol. The molecule has 0 aliphatic heterocycles. The second-order valence-electron chi connectivity index (χ2n) is 2.78. The molecule has 0 saturated heterocycles. The zero-order valence-corrected chi connectivity index (χ0v) is 7.05. The van der Waals surface area contributed by atoms with Gasteiger partial charge in [0.05, 0.1) is 11.1 Å². The topological polar surface area (TPSA) is 71.2 Å². The number of rotatable bonds is 1. The highest BCUT2D eigenvalue weighted by atomic mass is 16.4. The maximum absolute atomic E-state index is 9.06. The van der Waals surface area contributed by atoms with Crippen LogP contribution in [0.25, 0.3) is 10.9 Å². The summed E-state index contributed by atoms with van der Waals surface area (Å²) in [6.45, 7) is 0. The lowest BCUT2D eigenvalue weighted by atomic mass is 9.84. The highest BCUT2D eigenvalue weighted by Crippen LogP contribution is 2.06. The molecule has 0 aromatic carbocycles. The Labute approximate surface area is 74.8 Å². The minimum atomic E-state index is -1.51. The molecule has 0 amide bonds. The van der Waals surface area contributed by atoms with Gasteiger partial charge in [0.15, 0.2) is 0 Å². The number of fused-ring (bicyclic) bond motifs is 1. The monoisotopic (exact) mass is 177 g/mol. The Hall–Kier alpha value is -1.40. The van der Waals surface area contributed by atoms with Gasteiger partial charge in [0.2, 0.25) is 0 Å². The second kappa shape index (κ2) is 2.83. The molecule has 2 rings (SSSR count). The molecule has 0 aliphatic carbocycles. The number of hydrogen-bond acceptors (Lipinski definition) is 4. The van der Waals surface area contributed by atoms with Gasteiger partial charge in [-0.1, -0.05) is 0 Å². The Morgan fingerprint density at radius 2 is 2.23 bits per heavy atom. The third-order valence-electron chi connectivity index (χ3n) is 1.92. The average Bonchev–Trinajstić information content (AvgIpc) is 2.39. The number of aryl methyl sites for hydroxylation is 1. The van der Waals surface area contributed by atoms with E-state index in [0.29, 0.717) is 16.5 Å². The minimum Gasteiger partial charge on any atom is -0.422 e. The lowest BCUT2D eigenvalue weighted by Crippen LogP contribution is -2.36. The van der Waals surface area contributed by atoms with Gasteiger partial charge in [-0.05, 0) is 6.07 Å². The predicted octanol–water partition coefficient (Wildman–Crippen LogP) is -1.35. The molecule has 13 heavy (non-hydrogen) atoms. The van der Waals surface area contributed by atoms with E-state index in [4.69, 9.17) is 10.0 Å². The fraction of sp³-hybridized carbons (Fsp3) is 0.143. The van der Waals surface area contributed by atoms with Crippen molar-refractivity contribution in [1.29, 1.82) is 0 Å². The van der Waals surface area contributed by atoms with E-state index in [-0.39, 0.29) is 0 Å². The first-order valence-electron chi connectivity index (χ1n) is 3.83. The van der Waals surface area contributed by atoms with Crippen LogP contribution in [0.4, 0.5) is 0 Å². The standard InChI is InChI=1S/C7H8BN3O2/c1-11-7(8(12)13)5-4-9-3-2-6(5)10-11/h2-4,12-13H,1H3. The summed E-state index contributed by atoms with van der Waals surface area (Å²) < 4.78 is 1.44. The molecule has 0 aliphatic rings. The molecule has 0 unspecified atom stereocenters. The van der Waals surface area contributed by atoms with Crippen molar-refractivity contribution in [2.75, 3.05) is 0 Å². The van der Waals surface area contributed by atoms with E-state index in [9.17, 15) is 0 Å². The molecular formula is C7H8BN3O2. The van der Waals surface area contributed by atoms with E-state index < -0.39 is 7.12 Å². The smallest absolute Gasteiger partial charge is 0.422 e. The lowest BCUT2D eigenvalue weighted by molar-refractivity contribution is 0.422. The summed E-state index contributed by atoms with van der Waals surface area (Å²) >= 11 is 0. The van der Waals surface area contributed by atoms with Crippen molar-refractivity contribution >= 4 is 23.6 Å². The maximum atomic E-state index is 9.06. The normalized spacial score (nSPS) is 10.7. The quantitative estimate of drug-likeness (QED) is 0.528. The number of aromatic nitrogens is 3. The van der Waals surface area contributed by atoms with Crippen molar-refractivity contribution in [2.45, 2.75) is 0 Å². The summed E-state index contributed by atoms with van der Waals surface area (Å²) in [7, 11) is 0.147. The Morgan fingerprint density at radius 3 is 2.92 bits per heavy atom. The third-order valence-corrected chi connectivity index (χ3v) is 1.92. The van der Waals surface area contributed by atoms with Crippen molar-refractivity contribution in [2.24, 2.45) is 7.05 Å². The molecule has 6 heteroatoms. The molecule has 2 N–H and O–H groups in total. The van der Waals surface area contributed by atoms with Gasteiger partial charge in [-0.2, -0.15) is 5.10 Å². The molecule has 0 fully saturated rings. The molecule has 0 spiro atoms. The molecular weight excluding hydrogens is 169 g/mol. The fourth-order valence-electron chi connectivity index (χ4n) is 1.37. The second-order valence-corrected chi connectivity index (χ2v) is 2.78. The number of hydrogen-bond donors (Lipinski definition) is 2. The van der Waals surface area contributed by atoms with Crippen molar-refractivity contribution in [3.05, 3.63) is 18.5 Å². The highest BCUT2D eigenvalue weighted by Gasteiger charge is 2.20. The lowest BCUT2D eigenvalue weighted by Gasteiger charge is -1.98. The van der Waals surface area contributed by atoms with E-state index in [0.717, 1.165) is 0 Å². The van der Waals surface area contributed by atoms with Crippen LogP contribution >= 0.6 is 0 Å². The van der Waals surface area contributed by atoms with Gasteiger partial charge in [-0.25, -0.2) is 0 Å². The van der Waals surface area contributed by atoms with Gasteiger partial charge in [0, 0.05) is 24.8 Å². The molecule has 0 atom stereocenters. The summed E-state index contributed by atoms with van der Waals surface area (Å²) in [6, 6.07) is 1.72. The van der Waals surface area contributed by atoms with E-state index in [1.165, 1.54) is 4.68 Å². The first-order valence-corrected chi connectivity index (χ1v) is 3.83. The van der Waals surface area contributed by atoms with Crippen LogP contribution in [0.1, 0.15) is 0 Å². The molecule has 2 aromatic heterocycles. The summed E-state index contributed by atoms with van der Waals surface area (Å²) in [6.07, 6.45) is 3.18. The Bertz CT molecular complexity index is 440. The van der Waals surface area contributed by atoms with Crippen LogP contribution in [0.3, 0.4) is 0 Å². The zero-order chi connectivity index (χ0) is 9.42. The molecule has 5 nitrogen and oxygen atoms in total. The van der Waals surface area contributed by atoms with Crippen LogP contribution in [-0.2, 0) is 7.05 Å². The van der Waals surface area contributed by atoms with Crippen LogP contribution in [-0.4, -0.2) is 31.9 Å². The first kappa shape index (κ1) is 8.21. The van der Waals surface area contributed by atoms with Gasteiger partial charge >= 0.3 is 7.12 Å². The van der Waals surface area contributed by atoms with Gasteiger partial charge in [0.25, 0.3) is 0 Å². The molecule has 0 radical (unpaired) electrons. The van der Waals surface area contributed by atoms with Crippen molar-refractivity contribution < 1.29 is 10.0 Å². The third kappa shape index (κ3) is 1.20. The van der Waals surface area contributed by atoms with E-state index in [2.05, 4.69) is 10.1 Å². The largest absolute Gasteiger partial charge is 0.508 e. The SMILES string of the molecule is Cn1nc2ccncc2c1B(O)O. The van der Waals surface area contributed by atoms with E-state index in [1.807, 2.05) is 0 Å². The van der Waals surface area contributed by atoms with Crippen molar-refractivity contribution in [1.82, 2.24) is 14.8 Å². The highest BCUT2D eigenvalue weighted by molar-refractivity contribution is 6.61. The maximum Gasteiger partial charge on any atom is 0.508 e. The van der Waals surface area contributed by atoms with Crippen LogP contribution in [0, 0.1) is 0 Å². The summed E-state index contributed by atoms with van der Waals surface area (Å²) in [5.41, 5.74) is 1.07. The molecule has 0 saturated carbocycles. The Kier molecular flexibility index (Phi) is 1.79. The Morgan fingerprint density at radius 1 is 1.46 bits per heavy atom. The van der Waals surface area contributed by atoms with Gasteiger partial charge in [-0.15, -0.1) is 0 Å². The summed E-state index contributed by atoms with van der Waals surface area (Å²) in [5, 5.41) is 22.9. The van der Waals surface area contributed by atoms with Gasteiger partial charge in [-0.3, -0.25) is 9.67 Å². The minimum absolute atomic E-state index is 0.364. The van der Waals surface area contributed by atoms with E-state index >= 15 is 0 Å². The zero-order valence-electron chi connectivity index (χ0n) is 7.05. The molecule has 2 aromatic rings. The van der Waals surface area contributed by atoms with Crippen LogP contribution in [0.5, 0.6) is 0 Å². The van der Waals surface area contributed by atoms with Crippen molar-refractivity contribution in [3.8, 4) is 0 Å². The molecule has 66 valence electrons. The van der Waals surface area contributed by atoms with Crippen LogP contribution in [0.2, 0.25) is 0 Å².